The fraction of sp³-hybridized carbons (Fsp3) is 0.500. The van der Waals surface area contributed by atoms with E-state index in [2.05, 4.69) is 5.32 Å². The van der Waals surface area contributed by atoms with Crippen molar-refractivity contribution in [2.45, 2.75) is 0 Å². The fourth-order valence-corrected chi connectivity index (χ4v) is 2.77. The Labute approximate surface area is 71.3 Å². The highest BCUT2D eigenvalue weighted by atomic mass is 32.2. The van der Waals surface area contributed by atoms with E-state index < -0.39 is 7.55 Å². The lowest BCUT2D eigenvalue weighted by atomic mass is 10.7. The standard InChI is InChI=1S/C6H10NO2PS/c1-10(2)6(11-3)5(9)7-4-8/h4H,1-3H3/p+1. The lowest BCUT2D eigenvalue weighted by Gasteiger charge is -1.94. The van der Waals surface area contributed by atoms with E-state index in [9.17, 15) is 9.59 Å². The van der Waals surface area contributed by atoms with Crippen LogP contribution in [0, 0.1) is 0 Å². The van der Waals surface area contributed by atoms with Gasteiger partial charge in [0, 0.05) is 0 Å². The van der Waals surface area contributed by atoms with Crippen LogP contribution in [0.5, 0.6) is 0 Å². The molecule has 0 spiro atoms. The first-order valence-corrected chi connectivity index (χ1v) is 6.42. The van der Waals surface area contributed by atoms with Crippen LogP contribution < -0.4 is 5.32 Å². The molecule has 2 amide bonds. The molecule has 0 unspecified atom stereocenters. The summed E-state index contributed by atoms with van der Waals surface area (Å²) in [5.41, 5.74) is 0. The molecule has 62 valence electrons. The lowest BCUT2D eigenvalue weighted by Crippen LogP contribution is -2.27. The average molecular weight is 192 g/mol. The number of carbonyl (C=O) groups is 2. The van der Waals surface area contributed by atoms with Crippen molar-refractivity contribution in [2.24, 2.45) is 0 Å². The second kappa shape index (κ2) is 5.33. The Balaban J connectivity index is 4.40. The van der Waals surface area contributed by atoms with Crippen LogP contribution >= 0.6 is 19.3 Å². The summed E-state index contributed by atoms with van der Waals surface area (Å²) < 4.78 is 0.743. The highest BCUT2D eigenvalue weighted by molar-refractivity contribution is 8.21. The first kappa shape index (κ1) is 10.7. The Bertz CT molecular complexity index is 199. The molecule has 0 rings (SSSR count). The summed E-state index contributed by atoms with van der Waals surface area (Å²) in [5, 5.41) is 2.12. The third-order valence-corrected chi connectivity index (χ3v) is 4.21. The van der Waals surface area contributed by atoms with E-state index in [1.165, 1.54) is 11.8 Å². The van der Waals surface area contributed by atoms with Crippen molar-refractivity contribution >= 4 is 36.2 Å². The molecule has 0 heterocycles. The quantitative estimate of drug-likeness (QED) is 0.523. The van der Waals surface area contributed by atoms with Gasteiger partial charge in [0.2, 0.25) is 11.0 Å². The topological polar surface area (TPSA) is 46.2 Å². The van der Waals surface area contributed by atoms with Gasteiger partial charge in [-0.3, -0.25) is 14.9 Å². The van der Waals surface area contributed by atoms with Crippen LogP contribution in [-0.2, 0) is 9.59 Å². The van der Waals surface area contributed by atoms with Gasteiger partial charge in [0.15, 0.2) is 0 Å². The molecule has 0 saturated heterocycles. The number of nitrogens with one attached hydrogen (secondary N) is 1. The molecule has 0 aliphatic carbocycles. The molecule has 11 heavy (non-hydrogen) atoms. The van der Waals surface area contributed by atoms with Crippen molar-refractivity contribution in [3.05, 3.63) is 0 Å². The summed E-state index contributed by atoms with van der Waals surface area (Å²) in [6.45, 7) is 3.96. The van der Waals surface area contributed by atoms with Crippen LogP contribution in [-0.4, -0.2) is 36.5 Å². The molecule has 5 heteroatoms. The third-order valence-electron chi connectivity index (χ3n) is 0.984. The number of amides is 2. The zero-order chi connectivity index (χ0) is 8.85. The molecule has 0 aliphatic heterocycles. The number of hydrogen-bond donors (Lipinski definition) is 1. The van der Waals surface area contributed by atoms with Crippen LogP contribution in [0.4, 0.5) is 0 Å². The number of carbonyl (C=O) groups excluding carboxylic acids is 2. The monoisotopic (exact) mass is 192 g/mol. The highest BCUT2D eigenvalue weighted by Crippen LogP contribution is 2.19. The van der Waals surface area contributed by atoms with E-state index in [1.54, 1.807) is 0 Å². The van der Waals surface area contributed by atoms with Crippen molar-refractivity contribution in [1.82, 2.24) is 5.32 Å². The van der Waals surface area contributed by atoms with Crippen LogP contribution in [0.25, 0.3) is 0 Å². The van der Waals surface area contributed by atoms with E-state index in [0.717, 1.165) is 4.63 Å². The Morgan fingerprint density at radius 1 is 1.55 bits per heavy atom. The maximum atomic E-state index is 11.0. The molecule has 0 aromatic rings. The van der Waals surface area contributed by atoms with Gasteiger partial charge in [-0.05, 0) is 6.26 Å². The van der Waals surface area contributed by atoms with Gasteiger partial charge in [-0.1, -0.05) is 11.8 Å². The largest absolute Gasteiger partial charge is 0.306 e. The maximum Gasteiger partial charge on any atom is 0.306 e. The predicted molar refractivity (Wildman–Crippen MR) is 51.5 cm³/mol. The Morgan fingerprint density at radius 2 is 2.09 bits per heavy atom. The number of hydrogen-bond acceptors (Lipinski definition) is 3. The van der Waals surface area contributed by atoms with Gasteiger partial charge >= 0.3 is 5.91 Å². The van der Waals surface area contributed by atoms with Crippen molar-refractivity contribution in [2.75, 3.05) is 19.6 Å². The minimum Gasteiger partial charge on any atom is -0.291 e. The summed E-state index contributed by atoms with van der Waals surface area (Å²) in [6.07, 6.45) is 2.25. The summed E-state index contributed by atoms with van der Waals surface area (Å²) in [6, 6.07) is 0. The molecule has 0 atom stereocenters. The first-order chi connectivity index (χ1) is 5.13. The molecule has 0 bridgehead atoms. The predicted octanol–water partition coefficient (Wildman–Crippen LogP) is 0.493. The average Bonchev–Trinajstić information content (AvgIpc) is 1.88. The van der Waals surface area contributed by atoms with Crippen molar-refractivity contribution in [3.63, 3.8) is 0 Å². The molecular weight excluding hydrogens is 181 g/mol. The Kier molecular flexibility index (Phi) is 5.16. The Morgan fingerprint density at radius 3 is 2.36 bits per heavy atom. The fourth-order valence-electron chi connectivity index (χ4n) is 0.594. The lowest BCUT2D eigenvalue weighted by molar-refractivity contribution is -0.120. The van der Waals surface area contributed by atoms with Gasteiger partial charge in [-0.2, -0.15) is 0 Å². The van der Waals surface area contributed by atoms with Crippen molar-refractivity contribution < 1.29 is 9.59 Å². The molecule has 3 nitrogen and oxygen atoms in total. The van der Waals surface area contributed by atoms with E-state index in [1.807, 2.05) is 19.6 Å². The van der Waals surface area contributed by atoms with Crippen molar-refractivity contribution in [3.8, 4) is 0 Å². The second-order valence-electron chi connectivity index (χ2n) is 2.00. The van der Waals surface area contributed by atoms with Crippen LogP contribution in [0.15, 0.2) is 0 Å². The van der Waals surface area contributed by atoms with Crippen LogP contribution in [0.3, 0.4) is 0 Å². The molecule has 1 N–H and O–H groups in total. The summed E-state index contributed by atoms with van der Waals surface area (Å²) >= 11 is 1.40. The zero-order valence-electron chi connectivity index (χ0n) is 6.75. The highest BCUT2D eigenvalue weighted by Gasteiger charge is 2.17. The van der Waals surface area contributed by atoms with Crippen LogP contribution in [0.2, 0.25) is 0 Å². The summed E-state index contributed by atoms with van der Waals surface area (Å²) in [4.78, 5) is 20.9. The summed E-state index contributed by atoms with van der Waals surface area (Å²) in [7, 11) is -0.406. The minimum atomic E-state index is -0.406. The molecule has 0 aromatic heterocycles. The molecule has 0 aromatic carbocycles. The third kappa shape index (κ3) is 3.54. The molecule has 0 radical (unpaired) electrons. The molecule has 0 fully saturated rings. The van der Waals surface area contributed by atoms with Gasteiger partial charge in [0.05, 0.1) is 13.3 Å². The molecule has 0 saturated carbocycles. The molecule has 0 aliphatic rings. The van der Waals surface area contributed by atoms with Gasteiger partial charge in [0.25, 0.3) is 0 Å². The number of rotatable bonds is 3. The molecular formula is C6H11NO2PS+. The van der Waals surface area contributed by atoms with Gasteiger partial charge < -0.3 is 0 Å². The van der Waals surface area contributed by atoms with E-state index in [0.29, 0.717) is 6.41 Å². The maximum absolute atomic E-state index is 11.0. The van der Waals surface area contributed by atoms with Gasteiger partial charge in [-0.15, -0.1) is 0 Å². The van der Waals surface area contributed by atoms with E-state index in [4.69, 9.17) is 0 Å². The Hall–Kier alpha value is -0.340. The zero-order valence-corrected chi connectivity index (χ0v) is 8.46. The smallest absolute Gasteiger partial charge is 0.291 e. The number of imide groups is 1. The second-order valence-corrected chi connectivity index (χ2v) is 5.35. The van der Waals surface area contributed by atoms with Crippen LogP contribution in [0.1, 0.15) is 0 Å². The van der Waals surface area contributed by atoms with Gasteiger partial charge in [0.1, 0.15) is 7.55 Å². The summed E-state index contributed by atoms with van der Waals surface area (Å²) in [5.74, 6) is -0.261. The minimum absolute atomic E-state index is 0.261. The van der Waals surface area contributed by atoms with E-state index >= 15 is 0 Å². The number of thioether (sulfide) groups is 1. The normalized spacial score (nSPS) is 8.64. The first-order valence-electron chi connectivity index (χ1n) is 2.96. The van der Waals surface area contributed by atoms with Gasteiger partial charge in [-0.25, -0.2) is 0 Å². The van der Waals surface area contributed by atoms with Crippen molar-refractivity contribution in [1.29, 1.82) is 0 Å². The van der Waals surface area contributed by atoms with E-state index in [-0.39, 0.29) is 5.91 Å². The SMILES string of the molecule is CSC(C(=O)NC=O)=[P+](C)C.